The van der Waals surface area contributed by atoms with Crippen molar-refractivity contribution in [2.75, 3.05) is 5.32 Å². The summed E-state index contributed by atoms with van der Waals surface area (Å²) >= 11 is 0. The molecule has 3 heteroatoms. The number of benzene rings is 1. The van der Waals surface area contributed by atoms with Crippen molar-refractivity contribution in [2.45, 2.75) is 53.1 Å². The van der Waals surface area contributed by atoms with Gasteiger partial charge in [0, 0.05) is 11.1 Å². The molecule has 2 aliphatic carbocycles. The van der Waals surface area contributed by atoms with Crippen LogP contribution in [0.1, 0.15) is 45.6 Å². The summed E-state index contributed by atoms with van der Waals surface area (Å²) in [6.45, 7) is 8.96. The first-order valence-electron chi connectivity index (χ1n) is 7.87. The zero-order chi connectivity index (χ0) is 15.3. The molecule has 0 radical (unpaired) electrons. The van der Waals surface area contributed by atoms with Crippen molar-refractivity contribution in [2.24, 2.45) is 16.7 Å². The van der Waals surface area contributed by atoms with Gasteiger partial charge in [0.25, 0.3) is 0 Å². The third kappa shape index (κ3) is 2.23. The molecule has 3 atom stereocenters. The molecule has 1 aromatic rings. The Kier molecular flexibility index (Phi) is 3.27. The highest BCUT2D eigenvalue weighted by Crippen LogP contribution is 2.66. The highest BCUT2D eigenvalue weighted by molar-refractivity contribution is 5.84. The third-order valence-electron chi connectivity index (χ3n) is 6.26. The Labute approximate surface area is 127 Å². The van der Waals surface area contributed by atoms with Crippen LogP contribution in [-0.2, 0) is 4.74 Å². The summed E-state index contributed by atoms with van der Waals surface area (Å²) < 4.78 is 5.77. The molecule has 2 fully saturated rings. The number of carbonyl (C=O) groups is 1. The molecular weight excluding hydrogens is 262 g/mol. The quantitative estimate of drug-likeness (QED) is 0.851. The maximum absolute atomic E-state index is 12.1. The molecule has 0 heterocycles. The Morgan fingerprint density at radius 1 is 1.24 bits per heavy atom. The van der Waals surface area contributed by atoms with Crippen LogP contribution in [0.3, 0.4) is 0 Å². The molecule has 114 valence electrons. The van der Waals surface area contributed by atoms with E-state index in [0.29, 0.717) is 5.92 Å². The average Bonchev–Trinajstić information content (AvgIpc) is 2.74. The second kappa shape index (κ2) is 4.75. The highest BCUT2D eigenvalue weighted by Gasteiger charge is 2.62. The molecule has 0 unspecified atom stereocenters. The Morgan fingerprint density at radius 3 is 2.43 bits per heavy atom. The van der Waals surface area contributed by atoms with Gasteiger partial charge in [-0.1, -0.05) is 38.5 Å². The molecular formula is C18H25NO2. The van der Waals surface area contributed by atoms with Crippen LogP contribution in [0.2, 0.25) is 0 Å². The Morgan fingerprint density at radius 2 is 1.90 bits per heavy atom. The number of amides is 1. The van der Waals surface area contributed by atoms with Crippen molar-refractivity contribution in [3.05, 3.63) is 29.8 Å². The predicted octanol–water partition coefficient (Wildman–Crippen LogP) is 4.76. The molecule has 3 nitrogen and oxygen atoms in total. The molecule has 21 heavy (non-hydrogen) atoms. The highest BCUT2D eigenvalue weighted by atomic mass is 16.6. The predicted molar refractivity (Wildman–Crippen MR) is 84.3 cm³/mol. The molecule has 2 aliphatic rings. The van der Waals surface area contributed by atoms with Crippen LogP contribution in [-0.4, -0.2) is 12.2 Å². The van der Waals surface area contributed by atoms with Crippen molar-refractivity contribution in [3.63, 3.8) is 0 Å². The van der Waals surface area contributed by atoms with Gasteiger partial charge < -0.3 is 4.74 Å². The number of fused-ring (bicyclic) bond motifs is 2. The van der Waals surface area contributed by atoms with Gasteiger partial charge in [0.15, 0.2) is 0 Å². The molecule has 2 bridgehead atoms. The fourth-order valence-electron chi connectivity index (χ4n) is 4.22. The molecule has 0 saturated heterocycles. The monoisotopic (exact) mass is 287 g/mol. The summed E-state index contributed by atoms with van der Waals surface area (Å²) in [7, 11) is 0. The summed E-state index contributed by atoms with van der Waals surface area (Å²) in [5.74, 6) is 0.680. The van der Waals surface area contributed by atoms with Gasteiger partial charge in [0.2, 0.25) is 0 Å². The van der Waals surface area contributed by atoms with Gasteiger partial charge in [0.05, 0.1) is 0 Å². The van der Waals surface area contributed by atoms with Crippen LogP contribution >= 0.6 is 0 Å². The first-order chi connectivity index (χ1) is 9.83. The van der Waals surface area contributed by atoms with Crippen molar-refractivity contribution < 1.29 is 9.53 Å². The Hall–Kier alpha value is -1.51. The van der Waals surface area contributed by atoms with Crippen molar-refractivity contribution in [1.29, 1.82) is 0 Å². The van der Waals surface area contributed by atoms with Gasteiger partial charge in [-0.2, -0.15) is 0 Å². The van der Waals surface area contributed by atoms with Crippen molar-refractivity contribution >= 4 is 11.8 Å². The van der Waals surface area contributed by atoms with Crippen molar-refractivity contribution in [1.82, 2.24) is 0 Å². The van der Waals surface area contributed by atoms with Crippen LogP contribution in [0.25, 0.3) is 0 Å². The minimum absolute atomic E-state index is 0.0386. The maximum Gasteiger partial charge on any atom is 0.411 e. The number of hydrogen-bond donors (Lipinski definition) is 1. The molecule has 1 amide bonds. The van der Waals surface area contributed by atoms with Gasteiger partial charge in [-0.3, -0.25) is 5.32 Å². The van der Waals surface area contributed by atoms with E-state index in [9.17, 15) is 4.79 Å². The molecule has 2 saturated carbocycles. The third-order valence-corrected chi connectivity index (χ3v) is 6.26. The summed E-state index contributed by atoms with van der Waals surface area (Å²) in [6.07, 6.45) is 3.14. The fraction of sp³-hybridized carbons (Fsp3) is 0.611. The summed E-state index contributed by atoms with van der Waals surface area (Å²) in [6, 6.07) is 7.78. The lowest BCUT2D eigenvalue weighted by molar-refractivity contribution is 0.00148. The topological polar surface area (TPSA) is 38.3 Å². The minimum atomic E-state index is -0.326. The summed E-state index contributed by atoms with van der Waals surface area (Å²) in [4.78, 5) is 12.1. The first-order valence-corrected chi connectivity index (χ1v) is 7.87. The number of carbonyl (C=O) groups excluding carboxylic acids is 1. The molecule has 1 aromatic carbocycles. The van der Waals surface area contributed by atoms with E-state index in [1.54, 1.807) is 0 Å². The average molecular weight is 287 g/mol. The maximum atomic E-state index is 12.1. The lowest BCUT2D eigenvalue weighted by Crippen LogP contribution is -2.39. The summed E-state index contributed by atoms with van der Waals surface area (Å²) in [5.41, 5.74) is 2.35. The molecule has 1 N–H and O–H groups in total. The number of nitrogens with one attached hydrogen (secondary N) is 1. The molecule has 0 spiro atoms. The number of hydrogen-bond acceptors (Lipinski definition) is 2. The normalized spacial score (nSPS) is 33.0. The number of ether oxygens (including phenoxy) is 1. The van der Waals surface area contributed by atoms with E-state index in [1.807, 2.05) is 31.2 Å². The van der Waals surface area contributed by atoms with Gasteiger partial charge in [-0.25, -0.2) is 4.79 Å². The van der Waals surface area contributed by atoms with Crippen molar-refractivity contribution in [3.8, 4) is 0 Å². The minimum Gasteiger partial charge on any atom is -0.445 e. The second-order valence-corrected chi connectivity index (χ2v) is 7.50. The van der Waals surface area contributed by atoms with Gasteiger partial charge >= 0.3 is 6.09 Å². The number of aryl methyl sites for hydroxylation is 1. The smallest absolute Gasteiger partial charge is 0.411 e. The van der Waals surface area contributed by atoms with E-state index in [0.717, 1.165) is 18.5 Å². The van der Waals surface area contributed by atoms with Gasteiger partial charge in [-0.05, 0) is 49.7 Å². The van der Waals surface area contributed by atoms with Crippen LogP contribution in [0.15, 0.2) is 24.3 Å². The fourth-order valence-corrected chi connectivity index (χ4v) is 4.22. The lowest BCUT2D eigenvalue weighted by Gasteiger charge is -2.38. The van der Waals surface area contributed by atoms with Crippen LogP contribution in [0, 0.1) is 23.7 Å². The number of rotatable bonds is 2. The van der Waals surface area contributed by atoms with Gasteiger partial charge in [-0.15, -0.1) is 0 Å². The first kappa shape index (κ1) is 14.4. The SMILES string of the molecule is Cc1ccc(NC(=O)O[C@H]2C[C@@H]3CC[C@]2(C)C3(C)C)cc1. The molecule has 3 rings (SSSR count). The zero-order valence-corrected chi connectivity index (χ0v) is 13.4. The Bertz CT molecular complexity index is 549. The largest absolute Gasteiger partial charge is 0.445 e. The van der Waals surface area contributed by atoms with E-state index in [2.05, 4.69) is 26.1 Å². The van der Waals surface area contributed by atoms with Crippen LogP contribution in [0.5, 0.6) is 0 Å². The van der Waals surface area contributed by atoms with E-state index in [4.69, 9.17) is 4.74 Å². The van der Waals surface area contributed by atoms with E-state index < -0.39 is 0 Å². The number of anilines is 1. The lowest BCUT2D eigenvalue weighted by atomic mass is 9.70. The van der Waals surface area contributed by atoms with E-state index in [1.165, 1.54) is 12.0 Å². The zero-order valence-electron chi connectivity index (χ0n) is 13.4. The standard InChI is InChI=1S/C18H25NO2/c1-12-5-7-14(8-6-12)19-16(20)21-15-11-13-9-10-18(15,4)17(13,2)3/h5-8,13,15H,9-11H2,1-4H3,(H,19,20)/t13-,15-,18-/m0/s1. The molecule has 0 aromatic heterocycles. The van der Waals surface area contributed by atoms with Crippen LogP contribution < -0.4 is 5.32 Å². The summed E-state index contributed by atoms with van der Waals surface area (Å²) in [5, 5.41) is 2.84. The second-order valence-electron chi connectivity index (χ2n) is 7.50. The Balaban J connectivity index is 1.65. The van der Waals surface area contributed by atoms with E-state index >= 15 is 0 Å². The van der Waals surface area contributed by atoms with E-state index in [-0.39, 0.29) is 23.0 Å². The van der Waals surface area contributed by atoms with Crippen LogP contribution in [0.4, 0.5) is 10.5 Å². The van der Waals surface area contributed by atoms with Gasteiger partial charge in [0.1, 0.15) is 6.10 Å². The molecule has 0 aliphatic heterocycles.